The van der Waals surface area contributed by atoms with Crippen LogP contribution in [-0.2, 0) is 4.74 Å². The van der Waals surface area contributed by atoms with E-state index >= 15 is 0 Å². The lowest BCUT2D eigenvalue weighted by molar-refractivity contribution is -0.0752. The Hall–Kier alpha value is -1.36. The molecule has 1 aliphatic heterocycles. The van der Waals surface area contributed by atoms with Crippen LogP contribution in [0.25, 0.3) is 0 Å². The minimum Gasteiger partial charge on any atom is -0.373 e. The molecule has 1 saturated heterocycles. The lowest BCUT2D eigenvalue weighted by Gasteiger charge is -2.43. The maximum absolute atomic E-state index is 6.00. The first-order valence-corrected chi connectivity index (χ1v) is 7.72. The van der Waals surface area contributed by atoms with Gasteiger partial charge in [0.2, 0.25) is 0 Å². The number of hydrogen-bond acceptors (Lipinski definition) is 5. The molecule has 1 N–H and O–H groups in total. The summed E-state index contributed by atoms with van der Waals surface area (Å²) in [5.41, 5.74) is 0.944. The van der Waals surface area contributed by atoms with Gasteiger partial charge in [0.1, 0.15) is 17.5 Å². The number of hydrogen-bond donors (Lipinski definition) is 1. The topological polar surface area (TPSA) is 50.3 Å². The fourth-order valence-corrected chi connectivity index (χ4v) is 2.95. The average Bonchev–Trinajstić information content (AvgIpc) is 2.36. The van der Waals surface area contributed by atoms with Crippen molar-refractivity contribution >= 4 is 11.6 Å². The molecule has 0 aliphatic carbocycles. The third kappa shape index (κ3) is 3.46. The van der Waals surface area contributed by atoms with Gasteiger partial charge in [0, 0.05) is 31.6 Å². The first-order chi connectivity index (χ1) is 9.73. The fourth-order valence-electron chi connectivity index (χ4n) is 2.95. The Balaban J connectivity index is 2.44. The Kier molecular flexibility index (Phi) is 4.42. The van der Waals surface area contributed by atoms with Crippen molar-refractivity contribution in [3.05, 3.63) is 11.4 Å². The van der Waals surface area contributed by atoms with Gasteiger partial charge in [-0.1, -0.05) is 13.8 Å². The molecular weight excluding hydrogens is 264 g/mol. The van der Waals surface area contributed by atoms with Crippen LogP contribution in [0, 0.1) is 6.92 Å². The zero-order chi connectivity index (χ0) is 15.8. The molecule has 21 heavy (non-hydrogen) atoms. The Morgan fingerprint density at radius 3 is 2.52 bits per heavy atom. The van der Waals surface area contributed by atoms with E-state index in [0.29, 0.717) is 5.92 Å². The van der Waals surface area contributed by atoms with E-state index in [0.717, 1.165) is 36.1 Å². The molecule has 1 aliphatic rings. The third-order valence-corrected chi connectivity index (χ3v) is 3.76. The Bertz CT molecular complexity index is 513. The van der Waals surface area contributed by atoms with Gasteiger partial charge >= 0.3 is 0 Å². The van der Waals surface area contributed by atoms with E-state index in [1.807, 2.05) is 7.05 Å². The quantitative estimate of drug-likeness (QED) is 0.928. The van der Waals surface area contributed by atoms with Crippen LogP contribution in [-0.4, -0.2) is 41.8 Å². The van der Waals surface area contributed by atoms with Gasteiger partial charge in [-0.25, -0.2) is 9.97 Å². The molecular formula is C16H28N4O. The second kappa shape index (κ2) is 5.79. The van der Waals surface area contributed by atoms with Gasteiger partial charge in [0.05, 0.1) is 11.7 Å². The summed E-state index contributed by atoms with van der Waals surface area (Å²) < 4.78 is 6.00. The minimum atomic E-state index is -0.160. The first-order valence-electron chi connectivity index (χ1n) is 7.72. The zero-order valence-corrected chi connectivity index (χ0v) is 14.3. The molecule has 0 amide bonds. The maximum Gasteiger partial charge on any atom is 0.137 e. The van der Waals surface area contributed by atoms with Gasteiger partial charge < -0.3 is 15.0 Å². The molecule has 0 saturated carbocycles. The highest BCUT2D eigenvalue weighted by Gasteiger charge is 2.33. The van der Waals surface area contributed by atoms with Gasteiger partial charge in [-0.2, -0.15) is 0 Å². The predicted molar refractivity (Wildman–Crippen MR) is 87.2 cm³/mol. The summed E-state index contributed by atoms with van der Waals surface area (Å²) in [6.45, 7) is 14.4. The number of nitrogens with zero attached hydrogens (tertiary/aromatic N) is 3. The van der Waals surface area contributed by atoms with Gasteiger partial charge in [-0.3, -0.25) is 0 Å². The SMILES string of the molecule is CNc1nc(C(C)C)nc(N2CC(C)OC(C)(C)C2)c1C. The largest absolute Gasteiger partial charge is 0.373 e. The third-order valence-electron chi connectivity index (χ3n) is 3.76. The van der Waals surface area contributed by atoms with Crippen LogP contribution >= 0.6 is 0 Å². The van der Waals surface area contributed by atoms with Gasteiger partial charge in [-0.15, -0.1) is 0 Å². The van der Waals surface area contributed by atoms with Crippen LogP contribution in [0.5, 0.6) is 0 Å². The van der Waals surface area contributed by atoms with E-state index in [2.05, 4.69) is 56.7 Å². The molecule has 1 fully saturated rings. The Morgan fingerprint density at radius 2 is 2.00 bits per heavy atom. The maximum atomic E-state index is 6.00. The molecule has 0 spiro atoms. The average molecular weight is 292 g/mol. The molecule has 2 rings (SSSR count). The van der Waals surface area contributed by atoms with E-state index in [-0.39, 0.29) is 11.7 Å². The molecule has 0 aromatic carbocycles. The van der Waals surface area contributed by atoms with E-state index in [1.165, 1.54) is 0 Å². The highest BCUT2D eigenvalue weighted by molar-refractivity contribution is 5.59. The molecule has 1 aromatic heterocycles. The second-order valence-corrected chi connectivity index (χ2v) is 6.85. The summed E-state index contributed by atoms with van der Waals surface area (Å²) in [4.78, 5) is 11.8. The summed E-state index contributed by atoms with van der Waals surface area (Å²) >= 11 is 0. The van der Waals surface area contributed by atoms with E-state index in [9.17, 15) is 0 Å². The number of anilines is 2. The van der Waals surface area contributed by atoms with Crippen LogP contribution in [0.4, 0.5) is 11.6 Å². The fraction of sp³-hybridized carbons (Fsp3) is 0.750. The number of morpholine rings is 1. The van der Waals surface area contributed by atoms with Crippen molar-refractivity contribution in [1.82, 2.24) is 9.97 Å². The van der Waals surface area contributed by atoms with Gasteiger partial charge in [0.25, 0.3) is 0 Å². The summed E-state index contributed by atoms with van der Waals surface area (Å²) in [7, 11) is 1.91. The highest BCUT2D eigenvalue weighted by atomic mass is 16.5. The standard InChI is InChI=1S/C16H28N4O/c1-10(2)13-18-14(17-7)12(4)15(19-13)20-8-11(3)21-16(5,6)9-20/h10-11H,8-9H2,1-7H3,(H,17,18,19). The molecule has 2 heterocycles. The number of rotatable bonds is 3. The molecule has 1 atom stereocenters. The van der Waals surface area contributed by atoms with Crippen LogP contribution in [0.3, 0.4) is 0 Å². The minimum absolute atomic E-state index is 0.160. The number of nitrogens with one attached hydrogen (secondary N) is 1. The summed E-state index contributed by atoms with van der Waals surface area (Å²) in [5, 5.41) is 3.19. The number of aromatic nitrogens is 2. The Morgan fingerprint density at radius 1 is 1.33 bits per heavy atom. The molecule has 118 valence electrons. The van der Waals surface area contributed by atoms with Crippen molar-refractivity contribution in [2.24, 2.45) is 0 Å². The molecule has 1 aromatic rings. The van der Waals surface area contributed by atoms with E-state index < -0.39 is 0 Å². The van der Waals surface area contributed by atoms with Crippen molar-refractivity contribution in [2.45, 2.75) is 59.2 Å². The summed E-state index contributed by atoms with van der Waals surface area (Å²) in [5.74, 6) is 3.14. The molecule has 5 nitrogen and oxygen atoms in total. The monoisotopic (exact) mass is 292 g/mol. The van der Waals surface area contributed by atoms with Gasteiger partial charge in [0.15, 0.2) is 0 Å². The van der Waals surface area contributed by atoms with Gasteiger partial charge in [-0.05, 0) is 27.7 Å². The van der Waals surface area contributed by atoms with Crippen molar-refractivity contribution in [3.8, 4) is 0 Å². The van der Waals surface area contributed by atoms with Crippen molar-refractivity contribution in [3.63, 3.8) is 0 Å². The summed E-state index contributed by atoms with van der Waals surface area (Å²) in [6.07, 6.45) is 0.198. The predicted octanol–water partition coefficient (Wildman–Crippen LogP) is 2.95. The lowest BCUT2D eigenvalue weighted by atomic mass is 10.0. The molecule has 5 heteroatoms. The molecule has 1 unspecified atom stereocenters. The van der Waals surface area contributed by atoms with E-state index in [4.69, 9.17) is 9.72 Å². The number of ether oxygens (including phenoxy) is 1. The van der Waals surface area contributed by atoms with Crippen molar-refractivity contribution in [2.75, 3.05) is 30.4 Å². The van der Waals surface area contributed by atoms with Crippen molar-refractivity contribution in [1.29, 1.82) is 0 Å². The lowest BCUT2D eigenvalue weighted by Crippen LogP contribution is -2.52. The normalized spacial score (nSPS) is 21.7. The Labute approximate surface area is 128 Å². The zero-order valence-electron chi connectivity index (χ0n) is 14.3. The smallest absolute Gasteiger partial charge is 0.137 e. The highest BCUT2D eigenvalue weighted by Crippen LogP contribution is 2.30. The first kappa shape index (κ1) is 16.0. The van der Waals surface area contributed by atoms with Crippen LogP contribution < -0.4 is 10.2 Å². The van der Waals surface area contributed by atoms with Crippen LogP contribution in [0.15, 0.2) is 0 Å². The van der Waals surface area contributed by atoms with Crippen LogP contribution in [0.2, 0.25) is 0 Å². The molecule has 0 bridgehead atoms. The van der Waals surface area contributed by atoms with Crippen LogP contribution in [0.1, 0.15) is 51.9 Å². The second-order valence-electron chi connectivity index (χ2n) is 6.85. The molecule has 0 radical (unpaired) electrons. The van der Waals surface area contributed by atoms with Crippen molar-refractivity contribution < 1.29 is 4.74 Å². The van der Waals surface area contributed by atoms with E-state index in [1.54, 1.807) is 0 Å². The summed E-state index contributed by atoms with van der Waals surface area (Å²) in [6, 6.07) is 0.